The quantitative estimate of drug-likeness (QED) is 0.681. The van der Waals surface area contributed by atoms with Crippen molar-refractivity contribution >= 4 is 5.91 Å². The molecule has 0 aromatic heterocycles. The molecule has 2 aromatic carbocycles. The maximum absolute atomic E-state index is 13.3. The predicted octanol–water partition coefficient (Wildman–Crippen LogP) is 2.67. The number of aryl methyl sites for hydroxylation is 1. The summed E-state index contributed by atoms with van der Waals surface area (Å²) in [6.45, 7) is 2.89. The number of rotatable bonds is 2. The lowest BCUT2D eigenvalue weighted by Gasteiger charge is -2.64. The lowest BCUT2D eigenvalue weighted by Crippen LogP contribution is -2.77. The Hall–Kier alpha value is -3.01. The summed E-state index contributed by atoms with van der Waals surface area (Å²) in [5.74, 6) is 7.07. The third-order valence-electron chi connectivity index (χ3n) is 9.05. The molecule has 182 valence electrons. The molecule has 2 bridgehead atoms. The zero-order chi connectivity index (χ0) is 24.5. The molecule has 2 aliphatic heterocycles. The molecule has 1 saturated carbocycles. The van der Waals surface area contributed by atoms with Crippen molar-refractivity contribution < 1.29 is 19.4 Å². The van der Waals surface area contributed by atoms with Crippen molar-refractivity contribution in [2.45, 2.75) is 61.8 Å². The van der Waals surface area contributed by atoms with E-state index in [4.69, 9.17) is 9.47 Å². The fourth-order valence-electron chi connectivity index (χ4n) is 7.36. The number of aliphatic hydroxyl groups is 1. The molecular weight excluding hydrogens is 440 g/mol. The van der Waals surface area contributed by atoms with Crippen molar-refractivity contribution in [3.8, 4) is 23.3 Å². The number of nitrogens with zero attached hydrogens (tertiary/aromatic N) is 2. The minimum atomic E-state index is -0.914. The Morgan fingerprint density at radius 3 is 2.89 bits per heavy atom. The van der Waals surface area contributed by atoms with E-state index in [1.54, 1.807) is 12.0 Å². The van der Waals surface area contributed by atoms with Gasteiger partial charge in [0.05, 0.1) is 24.2 Å². The highest BCUT2D eigenvalue weighted by molar-refractivity contribution is 5.94. The summed E-state index contributed by atoms with van der Waals surface area (Å²) in [4.78, 5) is 17.3. The van der Waals surface area contributed by atoms with E-state index in [-0.39, 0.29) is 24.1 Å². The van der Waals surface area contributed by atoms with Gasteiger partial charge in [0.1, 0.15) is 6.10 Å². The van der Waals surface area contributed by atoms with Crippen LogP contribution in [0.5, 0.6) is 11.5 Å². The zero-order valence-corrected chi connectivity index (χ0v) is 20.8. The van der Waals surface area contributed by atoms with Crippen molar-refractivity contribution in [3.63, 3.8) is 0 Å². The maximum Gasteiger partial charge on any atom is 0.298 e. The first-order valence-corrected chi connectivity index (χ1v) is 12.5. The van der Waals surface area contributed by atoms with Crippen LogP contribution >= 0.6 is 0 Å². The van der Waals surface area contributed by atoms with Gasteiger partial charge in [-0.05, 0) is 75.5 Å². The van der Waals surface area contributed by atoms with Crippen LogP contribution in [0.1, 0.15) is 41.5 Å². The molecule has 2 aliphatic carbocycles. The van der Waals surface area contributed by atoms with Crippen molar-refractivity contribution in [2.75, 3.05) is 27.7 Å². The van der Waals surface area contributed by atoms with E-state index in [0.717, 1.165) is 41.8 Å². The molecule has 1 amide bonds. The number of carbonyl (C=O) groups excluding carboxylic acids is 1. The Labute approximate surface area is 206 Å². The predicted molar refractivity (Wildman–Crippen MR) is 133 cm³/mol. The first-order chi connectivity index (χ1) is 16.8. The van der Waals surface area contributed by atoms with Gasteiger partial charge in [0, 0.05) is 30.1 Å². The van der Waals surface area contributed by atoms with E-state index >= 15 is 0 Å². The van der Waals surface area contributed by atoms with Gasteiger partial charge in [-0.2, -0.15) is 0 Å². The number of amides is 1. The van der Waals surface area contributed by atoms with Crippen molar-refractivity contribution in [2.24, 2.45) is 0 Å². The summed E-state index contributed by atoms with van der Waals surface area (Å²) in [5.41, 5.74) is 2.78. The molecule has 2 aromatic rings. The summed E-state index contributed by atoms with van der Waals surface area (Å²) >= 11 is 0. The van der Waals surface area contributed by atoms with Gasteiger partial charge in [-0.15, -0.1) is 0 Å². The number of benzene rings is 2. The number of ether oxygens (including phenoxy) is 2. The van der Waals surface area contributed by atoms with Crippen LogP contribution in [0.2, 0.25) is 0 Å². The van der Waals surface area contributed by atoms with Crippen LogP contribution in [0.4, 0.5) is 0 Å². The number of likely N-dealkylation sites (tertiary alicyclic amines) is 1. The van der Waals surface area contributed by atoms with Gasteiger partial charge in [0.25, 0.3) is 5.91 Å². The molecule has 6 rings (SSSR count). The fraction of sp³-hybridized carbons (Fsp3) is 0.483. The lowest BCUT2D eigenvalue weighted by atomic mass is 9.48. The third-order valence-corrected chi connectivity index (χ3v) is 9.05. The summed E-state index contributed by atoms with van der Waals surface area (Å²) in [7, 11) is 5.58. The Bertz CT molecular complexity index is 1280. The number of hydrogen-bond acceptors (Lipinski definition) is 5. The van der Waals surface area contributed by atoms with E-state index in [0.29, 0.717) is 18.6 Å². The first-order valence-electron chi connectivity index (χ1n) is 12.5. The van der Waals surface area contributed by atoms with Crippen LogP contribution in [0, 0.1) is 18.8 Å². The van der Waals surface area contributed by atoms with Gasteiger partial charge in [-0.3, -0.25) is 4.79 Å². The van der Waals surface area contributed by atoms with Crippen molar-refractivity contribution in [1.82, 2.24) is 9.80 Å². The molecular formula is C29H32N2O4. The molecule has 1 N–H and O–H groups in total. The molecule has 6 nitrogen and oxygen atoms in total. The smallest absolute Gasteiger partial charge is 0.298 e. The summed E-state index contributed by atoms with van der Waals surface area (Å²) in [5, 5.41) is 12.4. The molecule has 2 fully saturated rings. The summed E-state index contributed by atoms with van der Waals surface area (Å²) in [6.07, 6.45) is 2.50. The SMILES string of the molecule is COc1ccc2c3c1O[C@H]1[C@H](N(C)C(=O)C#Cc4cccc(C)c4)CC[C@@]4(O)[C@@H](C2)N(C)CC[C@]314. The molecule has 35 heavy (non-hydrogen) atoms. The van der Waals surface area contributed by atoms with E-state index in [1.165, 1.54) is 5.56 Å². The van der Waals surface area contributed by atoms with E-state index in [1.807, 2.05) is 44.3 Å². The minimum Gasteiger partial charge on any atom is -0.493 e. The average molecular weight is 473 g/mol. The van der Waals surface area contributed by atoms with E-state index in [9.17, 15) is 9.90 Å². The number of likely N-dealkylation sites (N-methyl/N-ethyl adjacent to an activating group) is 2. The highest BCUT2D eigenvalue weighted by atomic mass is 16.5. The molecule has 5 atom stereocenters. The highest BCUT2D eigenvalue weighted by Crippen LogP contribution is 2.65. The number of hydrogen-bond donors (Lipinski definition) is 1. The Kier molecular flexibility index (Phi) is 4.97. The van der Waals surface area contributed by atoms with Gasteiger partial charge in [0.15, 0.2) is 11.5 Å². The number of methoxy groups -OCH3 is 1. The third kappa shape index (κ3) is 2.95. The van der Waals surface area contributed by atoms with Crippen molar-refractivity contribution in [3.05, 3.63) is 58.7 Å². The molecule has 4 aliphatic rings. The van der Waals surface area contributed by atoms with Crippen LogP contribution in [0.15, 0.2) is 36.4 Å². The second-order valence-corrected chi connectivity index (χ2v) is 10.7. The van der Waals surface area contributed by atoms with Crippen molar-refractivity contribution in [1.29, 1.82) is 0 Å². The van der Waals surface area contributed by atoms with Crippen LogP contribution in [0.3, 0.4) is 0 Å². The van der Waals surface area contributed by atoms with Gasteiger partial charge in [-0.1, -0.05) is 24.1 Å². The second kappa shape index (κ2) is 7.74. The average Bonchev–Trinajstić information content (AvgIpc) is 3.20. The first kappa shape index (κ1) is 22.5. The highest BCUT2D eigenvalue weighted by Gasteiger charge is 2.73. The molecule has 1 saturated heterocycles. The molecule has 0 radical (unpaired) electrons. The summed E-state index contributed by atoms with van der Waals surface area (Å²) in [6, 6.07) is 11.8. The van der Waals surface area contributed by atoms with Crippen LogP contribution in [-0.4, -0.2) is 72.4 Å². The second-order valence-electron chi connectivity index (χ2n) is 10.7. The van der Waals surface area contributed by atoms with E-state index < -0.39 is 11.0 Å². The lowest BCUT2D eigenvalue weighted by molar-refractivity contribution is -0.195. The fourth-order valence-corrected chi connectivity index (χ4v) is 7.36. The largest absolute Gasteiger partial charge is 0.493 e. The molecule has 1 spiro atoms. The molecule has 6 heteroatoms. The number of carbonyl (C=O) groups is 1. The number of piperidine rings is 1. The normalized spacial score (nSPS) is 32.1. The minimum absolute atomic E-state index is 0.0252. The van der Waals surface area contributed by atoms with Gasteiger partial charge in [-0.25, -0.2) is 0 Å². The van der Waals surface area contributed by atoms with Crippen LogP contribution < -0.4 is 9.47 Å². The van der Waals surface area contributed by atoms with E-state index in [2.05, 4.69) is 29.9 Å². The van der Waals surface area contributed by atoms with Gasteiger partial charge in [0.2, 0.25) is 0 Å². The standard InChI is InChI=1S/C29H32N2O4/c1-18-6-5-7-19(16-18)8-11-24(32)31(3)21-12-13-29(33)23-17-20-9-10-22(34-4)26-25(20)28(29,27(21)35-26)14-15-30(23)2/h5-7,9-10,16,21,23,27,33H,12-15,17H2,1-4H3/t21-,23-,27+,28+,29-/m1/s1. The van der Waals surface area contributed by atoms with Crippen LogP contribution in [0.25, 0.3) is 0 Å². The zero-order valence-electron chi connectivity index (χ0n) is 20.8. The Balaban J connectivity index is 1.41. The monoisotopic (exact) mass is 472 g/mol. The molecule has 2 heterocycles. The van der Waals surface area contributed by atoms with Gasteiger partial charge >= 0.3 is 0 Å². The maximum atomic E-state index is 13.3. The van der Waals surface area contributed by atoms with Gasteiger partial charge < -0.3 is 24.4 Å². The topological polar surface area (TPSA) is 62.2 Å². The summed E-state index contributed by atoms with van der Waals surface area (Å²) < 4.78 is 12.4. The molecule has 0 unspecified atom stereocenters. The Morgan fingerprint density at radius 2 is 2.11 bits per heavy atom. The Morgan fingerprint density at radius 1 is 1.29 bits per heavy atom. The van der Waals surface area contributed by atoms with Crippen LogP contribution in [-0.2, 0) is 16.6 Å².